The molecule has 4 heteroatoms. The maximum atomic E-state index is 12.6. The first kappa shape index (κ1) is 13.5. The van der Waals surface area contributed by atoms with E-state index in [0.29, 0.717) is 17.9 Å². The van der Waals surface area contributed by atoms with Gasteiger partial charge in [0.25, 0.3) is 5.91 Å². The van der Waals surface area contributed by atoms with Gasteiger partial charge in [0.1, 0.15) is 5.75 Å². The molecule has 0 radical (unpaired) electrons. The maximum absolute atomic E-state index is 12.6. The summed E-state index contributed by atoms with van der Waals surface area (Å²) < 4.78 is 5.18. The number of nitrogens with zero attached hydrogens (tertiary/aromatic N) is 1. The lowest BCUT2D eigenvalue weighted by Crippen LogP contribution is -2.36. The van der Waals surface area contributed by atoms with Gasteiger partial charge in [-0.2, -0.15) is 0 Å². The molecule has 2 aromatic rings. The van der Waals surface area contributed by atoms with E-state index in [-0.39, 0.29) is 5.91 Å². The quantitative estimate of drug-likeness (QED) is 0.861. The standard InChI is InChI=1S/C17H18N2O2/c1-21-16-4-2-3-13(10-16)17(20)19-8-7-12-5-6-15(18)9-14(12)11-19/h2-6,9-10H,7-8,11,18H2,1H3. The van der Waals surface area contributed by atoms with Gasteiger partial charge in [-0.1, -0.05) is 12.1 Å². The minimum Gasteiger partial charge on any atom is -0.497 e. The van der Waals surface area contributed by atoms with E-state index in [1.807, 2.05) is 35.2 Å². The zero-order chi connectivity index (χ0) is 14.8. The normalized spacial score (nSPS) is 13.7. The number of methoxy groups -OCH3 is 1. The monoisotopic (exact) mass is 282 g/mol. The van der Waals surface area contributed by atoms with Gasteiger partial charge >= 0.3 is 0 Å². The molecule has 0 bridgehead atoms. The Morgan fingerprint density at radius 1 is 1.19 bits per heavy atom. The number of nitrogens with two attached hydrogens (primary N) is 1. The fourth-order valence-electron chi connectivity index (χ4n) is 2.69. The van der Waals surface area contributed by atoms with Crippen molar-refractivity contribution >= 4 is 11.6 Å². The van der Waals surface area contributed by atoms with Gasteiger partial charge in [-0.3, -0.25) is 4.79 Å². The molecule has 0 spiro atoms. The van der Waals surface area contributed by atoms with Gasteiger partial charge in [-0.15, -0.1) is 0 Å². The summed E-state index contributed by atoms with van der Waals surface area (Å²) in [6.45, 7) is 1.34. The van der Waals surface area contributed by atoms with Crippen LogP contribution in [-0.4, -0.2) is 24.5 Å². The molecule has 1 amide bonds. The summed E-state index contributed by atoms with van der Waals surface area (Å²) in [4.78, 5) is 14.5. The lowest BCUT2D eigenvalue weighted by Gasteiger charge is -2.29. The van der Waals surface area contributed by atoms with Crippen LogP contribution < -0.4 is 10.5 Å². The third-order valence-corrected chi connectivity index (χ3v) is 3.85. The summed E-state index contributed by atoms with van der Waals surface area (Å²) in [5.74, 6) is 0.726. The first-order chi connectivity index (χ1) is 10.2. The van der Waals surface area contributed by atoms with Gasteiger partial charge in [0.2, 0.25) is 0 Å². The van der Waals surface area contributed by atoms with Crippen LogP contribution in [0.2, 0.25) is 0 Å². The summed E-state index contributed by atoms with van der Waals surface area (Å²) in [5, 5.41) is 0. The molecular formula is C17H18N2O2. The van der Waals surface area contributed by atoms with Gasteiger partial charge in [0.15, 0.2) is 0 Å². The molecule has 4 nitrogen and oxygen atoms in total. The fourth-order valence-corrected chi connectivity index (χ4v) is 2.69. The van der Waals surface area contributed by atoms with Crippen LogP contribution in [0.15, 0.2) is 42.5 Å². The molecule has 0 saturated carbocycles. The summed E-state index contributed by atoms with van der Waals surface area (Å²) in [5.41, 5.74) is 9.64. The predicted molar refractivity (Wildman–Crippen MR) is 82.3 cm³/mol. The number of benzene rings is 2. The lowest BCUT2D eigenvalue weighted by molar-refractivity contribution is 0.0734. The highest BCUT2D eigenvalue weighted by atomic mass is 16.5. The van der Waals surface area contributed by atoms with Crippen molar-refractivity contribution in [1.82, 2.24) is 4.90 Å². The van der Waals surface area contributed by atoms with E-state index in [1.54, 1.807) is 13.2 Å². The zero-order valence-corrected chi connectivity index (χ0v) is 12.0. The largest absolute Gasteiger partial charge is 0.497 e. The second-order valence-electron chi connectivity index (χ2n) is 5.24. The first-order valence-electron chi connectivity index (χ1n) is 6.98. The Morgan fingerprint density at radius 3 is 2.86 bits per heavy atom. The Balaban J connectivity index is 1.83. The Bertz CT molecular complexity index is 682. The SMILES string of the molecule is COc1cccc(C(=O)N2CCc3ccc(N)cc3C2)c1. The molecule has 0 atom stereocenters. The number of hydrogen-bond acceptors (Lipinski definition) is 3. The van der Waals surface area contributed by atoms with Crippen LogP contribution in [0.3, 0.4) is 0 Å². The number of carbonyl (C=O) groups excluding carboxylic acids is 1. The van der Waals surface area contributed by atoms with Gasteiger partial charge in [-0.25, -0.2) is 0 Å². The van der Waals surface area contributed by atoms with E-state index in [0.717, 1.165) is 24.2 Å². The van der Waals surface area contributed by atoms with E-state index in [1.165, 1.54) is 5.56 Å². The van der Waals surface area contributed by atoms with Crippen molar-refractivity contribution in [3.05, 3.63) is 59.2 Å². The molecule has 1 aliphatic heterocycles. The van der Waals surface area contributed by atoms with Crippen molar-refractivity contribution in [2.45, 2.75) is 13.0 Å². The highest BCUT2D eigenvalue weighted by Gasteiger charge is 2.22. The van der Waals surface area contributed by atoms with Gasteiger partial charge in [0, 0.05) is 24.3 Å². The van der Waals surface area contributed by atoms with E-state index < -0.39 is 0 Å². The number of fused-ring (bicyclic) bond motifs is 1. The van der Waals surface area contributed by atoms with Gasteiger partial charge in [-0.05, 0) is 47.9 Å². The van der Waals surface area contributed by atoms with Crippen LogP contribution in [-0.2, 0) is 13.0 Å². The van der Waals surface area contributed by atoms with Gasteiger partial charge < -0.3 is 15.4 Å². The minimum atomic E-state index is 0.0296. The molecule has 2 aromatic carbocycles. The number of anilines is 1. The molecule has 0 aliphatic carbocycles. The van der Waals surface area contributed by atoms with Crippen molar-refractivity contribution in [3.8, 4) is 5.75 Å². The topological polar surface area (TPSA) is 55.6 Å². The number of nitrogen functional groups attached to an aromatic ring is 1. The molecule has 1 heterocycles. The number of amides is 1. The average molecular weight is 282 g/mol. The third kappa shape index (κ3) is 2.70. The number of ether oxygens (including phenoxy) is 1. The van der Waals surface area contributed by atoms with Crippen molar-refractivity contribution in [2.75, 3.05) is 19.4 Å². The second-order valence-corrected chi connectivity index (χ2v) is 5.24. The van der Waals surface area contributed by atoms with Crippen LogP contribution >= 0.6 is 0 Å². The number of carbonyl (C=O) groups is 1. The van der Waals surface area contributed by atoms with Crippen LogP contribution in [0.25, 0.3) is 0 Å². The Morgan fingerprint density at radius 2 is 2.05 bits per heavy atom. The van der Waals surface area contributed by atoms with Crippen molar-refractivity contribution in [3.63, 3.8) is 0 Å². The van der Waals surface area contributed by atoms with E-state index in [9.17, 15) is 4.79 Å². The van der Waals surface area contributed by atoms with Crippen LogP contribution in [0, 0.1) is 0 Å². The molecule has 0 aromatic heterocycles. The van der Waals surface area contributed by atoms with Crippen molar-refractivity contribution < 1.29 is 9.53 Å². The molecule has 0 unspecified atom stereocenters. The van der Waals surface area contributed by atoms with E-state index in [4.69, 9.17) is 10.5 Å². The summed E-state index contributed by atoms with van der Waals surface area (Å²) >= 11 is 0. The Hall–Kier alpha value is -2.49. The molecule has 0 fully saturated rings. The van der Waals surface area contributed by atoms with E-state index in [2.05, 4.69) is 6.07 Å². The third-order valence-electron chi connectivity index (χ3n) is 3.85. The smallest absolute Gasteiger partial charge is 0.254 e. The summed E-state index contributed by atoms with van der Waals surface area (Å²) in [6, 6.07) is 13.2. The minimum absolute atomic E-state index is 0.0296. The van der Waals surface area contributed by atoms with E-state index >= 15 is 0 Å². The molecule has 21 heavy (non-hydrogen) atoms. The molecule has 108 valence electrons. The van der Waals surface area contributed by atoms with Gasteiger partial charge in [0.05, 0.1) is 7.11 Å². The van der Waals surface area contributed by atoms with Crippen molar-refractivity contribution in [1.29, 1.82) is 0 Å². The highest BCUT2D eigenvalue weighted by molar-refractivity contribution is 5.94. The van der Waals surface area contributed by atoms with Crippen LogP contribution in [0.4, 0.5) is 5.69 Å². The summed E-state index contributed by atoms with van der Waals surface area (Å²) in [6.07, 6.45) is 0.866. The average Bonchev–Trinajstić information content (AvgIpc) is 2.53. The molecule has 1 aliphatic rings. The van der Waals surface area contributed by atoms with Crippen molar-refractivity contribution in [2.24, 2.45) is 0 Å². The molecule has 0 saturated heterocycles. The maximum Gasteiger partial charge on any atom is 0.254 e. The molecule has 2 N–H and O–H groups in total. The lowest BCUT2D eigenvalue weighted by atomic mass is 9.98. The second kappa shape index (κ2) is 5.48. The summed E-state index contributed by atoms with van der Waals surface area (Å²) in [7, 11) is 1.60. The number of rotatable bonds is 2. The predicted octanol–water partition coefficient (Wildman–Crippen LogP) is 2.48. The Kier molecular flexibility index (Phi) is 3.52. The van der Waals surface area contributed by atoms with Crippen LogP contribution in [0.5, 0.6) is 5.75 Å². The van der Waals surface area contributed by atoms with Crippen LogP contribution in [0.1, 0.15) is 21.5 Å². The number of hydrogen-bond donors (Lipinski definition) is 1. The first-order valence-corrected chi connectivity index (χ1v) is 6.98. The molecular weight excluding hydrogens is 264 g/mol. The zero-order valence-electron chi connectivity index (χ0n) is 12.0. The Labute approximate surface area is 124 Å². The molecule has 3 rings (SSSR count). The highest BCUT2D eigenvalue weighted by Crippen LogP contribution is 2.23. The fraction of sp³-hybridized carbons (Fsp3) is 0.235.